The highest BCUT2D eigenvalue weighted by Crippen LogP contribution is 2.19. The van der Waals surface area contributed by atoms with E-state index in [4.69, 9.17) is 16.9 Å². The fourth-order valence-electron chi connectivity index (χ4n) is 2.58. The molecule has 0 saturated carbocycles. The van der Waals surface area contributed by atoms with Gasteiger partial charge in [-0.15, -0.1) is 0 Å². The van der Waals surface area contributed by atoms with E-state index in [1.807, 2.05) is 30.9 Å². The van der Waals surface area contributed by atoms with Crippen LogP contribution in [-0.2, 0) is 0 Å². The van der Waals surface area contributed by atoms with Gasteiger partial charge in [0.15, 0.2) is 0 Å². The van der Waals surface area contributed by atoms with Crippen LogP contribution in [0.3, 0.4) is 0 Å². The Hall–Kier alpha value is -1.57. The summed E-state index contributed by atoms with van der Waals surface area (Å²) in [6.07, 6.45) is 0.817. The summed E-state index contributed by atoms with van der Waals surface area (Å²) in [5.41, 5.74) is 1.60. The number of aryl methyl sites for hydroxylation is 1. The van der Waals surface area contributed by atoms with E-state index < -0.39 is 0 Å². The number of rotatable bonds is 3. The molecule has 1 aromatic rings. The molecule has 0 N–H and O–H groups in total. The Morgan fingerprint density at radius 3 is 2.57 bits per heavy atom. The topological polar surface area (TPSA) is 47.3 Å². The molecule has 1 atom stereocenters. The maximum Gasteiger partial charge on any atom is 0.253 e. The Labute approximate surface area is 130 Å². The normalized spacial score (nSPS) is 17.3. The van der Waals surface area contributed by atoms with Gasteiger partial charge in [-0.3, -0.25) is 9.69 Å². The SMILES string of the molecule is CCC(C#N)N1CCN(C(=O)c2ccc(C)c(Cl)c2)CC1. The summed E-state index contributed by atoms with van der Waals surface area (Å²) in [4.78, 5) is 16.4. The van der Waals surface area contributed by atoms with Crippen LogP contribution in [0.2, 0.25) is 5.02 Å². The van der Waals surface area contributed by atoms with Crippen molar-refractivity contribution in [2.75, 3.05) is 26.2 Å². The Morgan fingerprint density at radius 2 is 2.05 bits per heavy atom. The van der Waals surface area contributed by atoms with E-state index in [1.165, 1.54) is 0 Å². The van der Waals surface area contributed by atoms with Crippen LogP contribution in [0.4, 0.5) is 0 Å². The molecule has 21 heavy (non-hydrogen) atoms. The molecule has 0 aliphatic carbocycles. The van der Waals surface area contributed by atoms with Crippen molar-refractivity contribution in [3.8, 4) is 6.07 Å². The van der Waals surface area contributed by atoms with Gasteiger partial charge in [-0.05, 0) is 31.0 Å². The van der Waals surface area contributed by atoms with Gasteiger partial charge < -0.3 is 4.90 Å². The molecule has 1 aliphatic heterocycles. The number of carbonyl (C=O) groups excluding carboxylic acids is 1. The Morgan fingerprint density at radius 1 is 1.38 bits per heavy atom. The average Bonchev–Trinajstić information content (AvgIpc) is 2.51. The number of nitriles is 1. The van der Waals surface area contributed by atoms with Crippen molar-refractivity contribution < 1.29 is 4.79 Å². The first-order valence-electron chi connectivity index (χ1n) is 7.26. The highest BCUT2D eigenvalue weighted by Gasteiger charge is 2.25. The first kappa shape index (κ1) is 15.8. The number of hydrogen-bond donors (Lipinski definition) is 0. The van der Waals surface area contributed by atoms with E-state index >= 15 is 0 Å². The number of hydrogen-bond acceptors (Lipinski definition) is 3. The third kappa shape index (κ3) is 3.55. The van der Waals surface area contributed by atoms with Gasteiger partial charge in [0.25, 0.3) is 5.91 Å². The molecule has 1 aliphatic rings. The van der Waals surface area contributed by atoms with Crippen LogP contribution in [0.1, 0.15) is 29.3 Å². The molecule has 1 aromatic carbocycles. The van der Waals surface area contributed by atoms with Gasteiger partial charge in [-0.2, -0.15) is 5.26 Å². The van der Waals surface area contributed by atoms with Crippen molar-refractivity contribution in [3.05, 3.63) is 34.3 Å². The molecule has 0 radical (unpaired) electrons. The van der Waals surface area contributed by atoms with Crippen molar-refractivity contribution >= 4 is 17.5 Å². The zero-order valence-electron chi connectivity index (χ0n) is 12.5. The molecule has 5 heteroatoms. The van der Waals surface area contributed by atoms with Crippen molar-refractivity contribution in [1.82, 2.24) is 9.80 Å². The lowest BCUT2D eigenvalue weighted by molar-refractivity contribution is 0.0604. The smallest absolute Gasteiger partial charge is 0.253 e. The van der Waals surface area contributed by atoms with Gasteiger partial charge in [-0.1, -0.05) is 24.6 Å². The third-order valence-electron chi connectivity index (χ3n) is 4.00. The number of nitrogens with zero attached hydrogens (tertiary/aromatic N) is 3. The second-order valence-corrected chi connectivity index (χ2v) is 5.75. The summed E-state index contributed by atoms with van der Waals surface area (Å²) in [5.74, 6) is 0.0153. The van der Waals surface area contributed by atoms with Crippen molar-refractivity contribution in [2.24, 2.45) is 0 Å². The van der Waals surface area contributed by atoms with E-state index in [0.717, 1.165) is 25.1 Å². The van der Waals surface area contributed by atoms with Gasteiger partial charge in [0.05, 0.1) is 12.1 Å². The molecule has 4 nitrogen and oxygen atoms in total. The summed E-state index contributed by atoms with van der Waals surface area (Å²) in [6.45, 7) is 6.74. The number of amides is 1. The van der Waals surface area contributed by atoms with Crippen molar-refractivity contribution in [3.63, 3.8) is 0 Å². The van der Waals surface area contributed by atoms with Gasteiger partial charge in [0.2, 0.25) is 0 Å². The molecule has 1 amide bonds. The zero-order valence-corrected chi connectivity index (χ0v) is 13.2. The number of piperazine rings is 1. The fourth-order valence-corrected chi connectivity index (χ4v) is 2.76. The maximum absolute atomic E-state index is 12.5. The lowest BCUT2D eigenvalue weighted by Crippen LogP contribution is -2.51. The minimum atomic E-state index is -0.0453. The number of carbonyl (C=O) groups is 1. The van der Waals surface area contributed by atoms with Gasteiger partial charge >= 0.3 is 0 Å². The standard InChI is InChI=1S/C16H20ClN3O/c1-3-14(11-18)19-6-8-20(9-7-19)16(21)13-5-4-12(2)15(17)10-13/h4-5,10,14H,3,6-9H2,1-2H3. The van der Waals surface area contributed by atoms with Crippen LogP contribution in [0.25, 0.3) is 0 Å². The fraction of sp³-hybridized carbons (Fsp3) is 0.500. The summed E-state index contributed by atoms with van der Waals surface area (Å²) >= 11 is 6.08. The molecule has 1 unspecified atom stereocenters. The monoisotopic (exact) mass is 305 g/mol. The van der Waals surface area contributed by atoms with E-state index in [9.17, 15) is 4.79 Å². The molecule has 0 bridgehead atoms. The first-order valence-corrected chi connectivity index (χ1v) is 7.63. The Kier molecular flexibility index (Phi) is 5.22. The maximum atomic E-state index is 12.5. The molecular formula is C16H20ClN3O. The molecular weight excluding hydrogens is 286 g/mol. The van der Waals surface area contributed by atoms with Crippen LogP contribution in [0.15, 0.2) is 18.2 Å². The largest absolute Gasteiger partial charge is 0.336 e. The van der Waals surface area contributed by atoms with Gasteiger partial charge in [0, 0.05) is 36.8 Å². The average molecular weight is 306 g/mol. The van der Waals surface area contributed by atoms with Gasteiger partial charge in [0.1, 0.15) is 0 Å². The first-order chi connectivity index (χ1) is 10.1. The Balaban J connectivity index is 2.00. The molecule has 2 rings (SSSR count). The van der Waals surface area contributed by atoms with Crippen LogP contribution >= 0.6 is 11.6 Å². The predicted molar refractivity (Wildman–Crippen MR) is 83.4 cm³/mol. The second-order valence-electron chi connectivity index (χ2n) is 5.35. The quantitative estimate of drug-likeness (QED) is 0.862. The lowest BCUT2D eigenvalue weighted by atomic mass is 10.1. The summed E-state index contributed by atoms with van der Waals surface area (Å²) < 4.78 is 0. The Bertz CT molecular complexity index is 559. The molecule has 1 fully saturated rings. The summed E-state index contributed by atoms with van der Waals surface area (Å²) in [7, 11) is 0. The molecule has 1 saturated heterocycles. The van der Waals surface area contributed by atoms with Crippen LogP contribution in [0, 0.1) is 18.3 Å². The highest BCUT2D eigenvalue weighted by atomic mass is 35.5. The minimum absolute atomic E-state index is 0.0153. The van der Waals surface area contributed by atoms with Crippen LogP contribution in [-0.4, -0.2) is 47.9 Å². The zero-order chi connectivity index (χ0) is 15.4. The molecule has 1 heterocycles. The van der Waals surface area contributed by atoms with E-state index in [1.54, 1.807) is 6.07 Å². The van der Waals surface area contributed by atoms with E-state index in [-0.39, 0.29) is 11.9 Å². The van der Waals surface area contributed by atoms with Crippen LogP contribution in [0.5, 0.6) is 0 Å². The van der Waals surface area contributed by atoms with Crippen molar-refractivity contribution in [1.29, 1.82) is 5.26 Å². The minimum Gasteiger partial charge on any atom is -0.336 e. The summed E-state index contributed by atoms with van der Waals surface area (Å²) in [5, 5.41) is 9.72. The summed E-state index contributed by atoms with van der Waals surface area (Å²) in [6, 6.07) is 7.69. The van der Waals surface area contributed by atoms with Gasteiger partial charge in [-0.25, -0.2) is 0 Å². The lowest BCUT2D eigenvalue weighted by Gasteiger charge is -2.36. The molecule has 112 valence electrons. The molecule has 0 spiro atoms. The second kappa shape index (κ2) is 6.93. The highest BCUT2D eigenvalue weighted by molar-refractivity contribution is 6.31. The van der Waals surface area contributed by atoms with E-state index in [2.05, 4.69) is 11.0 Å². The number of halogens is 1. The molecule has 0 aromatic heterocycles. The van der Waals surface area contributed by atoms with E-state index in [0.29, 0.717) is 23.7 Å². The number of benzene rings is 1. The third-order valence-corrected chi connectivity index (χ3v) is 4.40. The van der Waals surface area contributed by atoms with Crippen molar-refractivity contribution in [2.45, 2.75) is 26.3 Å². The van der Waals surface area contributed by atoms with Crippen LogP contribution < -0.4 is 0 Å². The predicted octanol–water partition coefficient (Wildman–Crippen LogP) is 2.71.